The average molecular weight is 259 g/mol. The van der Waals surface area contributed by atoms with E-state index < -0.39 is 0 Å². The van der Waals surface area contributed by atoms with E-state index in [1.807, 2.05) is 36.4 Å². The molecule has 0 saturated carbocycles. The second-order valence-electron chi connectivity index (χ2n) is 3.27. The molecule has 0 aliphatic rings. The third-order valence-electron chi connectivity index (χ3n) is 2.16. The van der Waals surface area contributed by atoms with E-state index in [0.717, 1.165) is 4.47 Å². The van der Waals surface area contributed by atoms with Gasteiger partial charge in [0.25, 0.3) is 0 Å². The van der Waals surface area contributed by atoms with Gasteiger partial charge in [-0.25, -0.2) is 0 Å². The summed E-state index contributed by atoms with van der Waals surface area (Å²) in [4.78, 5) is 0. The Kier molecular flexibility index (Phi) is 3.36. The Bertz CT molecular complexity index is 458. The van der Waals surface area contributed by atoms with Crippen molar-refractivity contribution >= 4 is 28.1 Å². The Morgan fingerprint density at radius 1 is 0.733 bits per heavy atom. The Morgan fingerprint density at radius 2 is 1.40 bits per heavy atom. The maximum Gasteiger partial charge on any atom is 0.0247 e. The van der Waals surface area contributed by atoms with Gasteiger partial charge in [0.15, 0.2) is 0 Å². The fourth-order valence-electron chi connectivity index (χ4n) is 1.36. The van der Waals surface area contributed by atoms with Crippen LogP contribution < -0.4 is 0 Å². The molecule has 0 saturated heterocycles. The standard InChI is InChI=1S/C14H11Br/c15-14-9-5-4-8-13(14)11-10-12-6-2-1-3-7-12/h1-11H/b11-10+. The van der Waals surface area contributed by atoms with Gasteiger partial charge in [-0.2, -0.15) is 0 Å². The van der Waals surface area contributed by atoms with E-state index in [2.05, 4.69) is 46.3 Å². The monoisotopic (exact) mass is 258 g/mol. The molecule has 0 bridgehead atoms. The summed E-state index contributed by atoms with van der Waals surface area (Å²) >= 11 is 3.52. The molecule has 0 aromatic heterocycles. The third-order valence-corrected chi connectivity index (χ3v) is 2.88. The number of benzene rings is 2. The van der Waals surface area contributed by atoms with Gasteiger partial charge in [0.2, 0.25) is 0 Å². The van der Waals surface area contributed by atoms with Crippen molar-refractivity contribution in [2.75, 3.05) is 0 Å². The lowest BCUT2D eigenvalue weighted by Crippen LogP contribution is -1.74. The minimum Gasteiger partial charge on any atom is -0.0622 e. The molecule has 0 amide bonds. The summed E-state index contributed by atoms with van der Waals surface area (Å²) in [6, 6.07) is 18.5. The van der Waals surface area contributed by atoms with Crippen LogP contribution in [0.4, 0.5) is 0 Å². The highest BCUT2D eigenvalue weighted by molar-refractivity contribution is 9.10. The SMILES string of the molecule is Brc1ccccc1/C=C/c1ccccc1. The largest absolute Gasteiger partial charge is 0.0622 e. The normalized spacial score (nSPS) is 10.7. The lowest BCUT2D eigenvalue weighted by atomic mass is 10.1. The quantitative estimate of drug-likeness (QED) is 0.690. The lowest BCUT2D eigenvalue weighted by Gasteiger charge is -1.96. The van der Waals surface area contributed by atoms with Gasteiger partial charge < -0.3 is 0 Å². The van der Waals surface area contributed by atoms with Crippen LogP contribution in [0.5, 0.6) is 0 Å². The van der Waals surface area contributed by atoms with Gasteiger partial charge in [-0.3, -0.25) is 0 Å². The van der Waals surface area contributed by atoms with Crippen molar-refractivity contribution in [3.63, 3.8) is 0 Å². The first-order valence-corrected chi connectivity index (χ1v) is 5.63. The highest BCUT2D eigenvalue weighted by atomic mass is 79.9. The smallest absolute Gasteiger partial charge is 0.0247 e. The van der Waals surface area contributed by atoms with Gasteiger partial charge in [-0.15, -0.1) is 0 Å². The number of hydrogen-bond acceptors (Lipinski definition) is 0. The molecular formula is C14H11Br. The van der Waals surface area contributed by atoms with E-state index in [1.54, 1.807) is 0 Å². The average Bonchev–Trinajstić information content (AvgIpc) is 2.29. The summed E-state index contributed by atoms with van der Waals surface area (Å²) in [6.07, 6.45) is 4.22. The molecule has 2 rings (SSSR count). The van der Waals surface area contributed by atoms with Crippen LogP contribution in [0, 0.1) is 0 Å². The highest BCUT2D eigenvalue weighted by Crippen LogP contribution is 2.18. The molecule has 0 radical (unpaired) electrons. The zero-order valence-corrected chi connectivity index (χ0v) is 9.81. The molecule has 0 unspecified atom stereocenters. The van der Waals surface area contributed by atoms with E-state index in [0.29, 0.717) is 0 Å². The molecular weight excluding hydrogens is 248 g/mol. The molecule has 0 nitrogen and oxygen atoms in total. The molecule has 2 aromatic carbocycles. The van der Waals surface area contributed by atoms with Crippen molar-refractivity contribution in [3.05, 3.63) is 70.2 Å². The summed E-state index contributed by atoms with van der Waals surface area (Å²) in [5, 5.41) is 0. The van der Waals surface area contributed by atoms with Crippen molar-refractivity contribution in [1.82, 2.24) is 0 Å². The van der Waals surface area contributed by atoms with Gasteiger partial charge >= 0.3 is 0 Å². The topological polar surface area (TPSA) is 0 Å². The van der Waals surface area contributed by atoms with E-state index in [1.165, 1.54) is 11.1 Å². The van der Waals surface area contributed by atoms with Crippen molar-refractivity contribution in [3.8, 4) is 0 Å². The fraction of sp³-hybridized carbons (Fsp3) is 0. The molecule has 15 heavy (non-hydrogen) atoms. The molecule has 2 aromatic rings. The van der Waals surface area contributed by atoms with E-state index in [-0.39, 0.29) is 0 Å². The Hall–Kier alpha value is -1.34. The number of rotatable bonds is 2. The zero-order valence-electron chi connectivity index (χ0n) is 8.23. The second kappa shape index (κ2) is 4.94. The van der Waals surface area contributed by atoms with Crippen molar-refractivity contribution in [2.24, 2.45) is 0 Å². The van der Waals surface area contributed by atoms with Crippen LogP contribution in [0.15, 0.2) is 59.1 Å². The van der Waals surface area contributed by atoms with Crippen LogP contribution in [0.3, 0.4) is 0 Å². The Labute approximate surface area is 98.4 Å². The maximum absolute atomic E-state index is 3.52. The van der Waals surface area contributed by atoms with Crippen molar-refractivity contribution in [2.45, 2.75) is 0 Å². The van der Waals surface area contributed by atoms with Crippen LogP contribution in [0.2, 0.25) is 0 Å². The first-order valence-electron chi connectivity index (χ1n) is 4.84. The first-order chi connectivity index (χ1) is 7.36. The van der Waals surface area contributed by atoms with Gasteiger partial charge in [0.1, 0.15) is 0 Å². The van der Waals surface area contributed by atoms with E-state index >= 15 is 0 Å². The molecule has 0 aliphatic heterocycles. The van der Waals surface area contributed by atoms with Crippen LogP contribution in [-0.4, -0.2) is 0 Å². The summed E-state index contributed by atoms with van der Waals surface area (Å²) < 4.78 is 1.12. The maximum atomic E-state index is 3.52. The molecule has 0 fully saturated rings. The van der Waals surface area contributed by atoms with Crippen molar-refractivity contribution < 1.29 is 0 Å². The van der Waals surface area contributed by atoms with E-state index in [9.17, 15) is 0 Å². The lowest BCUT2D eigenvalue weighted by molar-refractivity contribution is 1.60. The Morgan fingerprint density at radius 3 is 2.13 bits per heavy atom. The predicted octanol–water partition coefficient (Wildman–Crippen LogP) is 4.62. The molecule has 0 aliphatic carbocycles. The third kappa shape index (κ3) is 2.80. The summed E-state index contributed by atoms with van der Waals surface area (Å²) in [7, 11) is 0. The molecule has 0 atom stereocenters. The molecule has 0 N–H and O–H groups in total. The van der Waals surface area contributed by atoms with Crippen molar-refractivity contribution in [1.29, 1.82) is 0 Å². The summed E-state index contributed by atoms with van der Waals surface area (Å²) in [5.41, 5.74) is 2.41. The first kappa shape index (κ1) is 10.2. The minimum atomic E-state index is 1.12. The van der Waals surface area contributed by atoms with Gasteiger partial charge in [0.05, 0.1) is 0 Å². The summed E-state index contributed by atoms with van der Waals surface area (Å²) in [5.74, 6) is 0. The minimum absolute atomic E-state index is 1.12. The second-order valence-corrected chi connectivity index (χ2v) is 4.12. The van der Waals surface area contributed by atoms with Crippen LogP contribution in [0.25, 0.3) is 12.2 Å². The highest BCUT2D eigenvalue weighted by Gasteiger charge is 1.92. The molecule has 0 spiro atoms. The van der Waals surface area contributed by atoms with E-state index in [4.69, 9.17) is 0 Å². The van der Waals surface area contributed by atoms with Crippen LogP contribution >= 0.6 is 15.9 Å². The Balaban J connectivity index is 2.23. The fourth-order valence-corrected chi connectivity index (χ4v) is 1.78. The van der Waals surface area contributed by atoms with Gasteiger partial charge in [-0.05, 0) is 17.2 Å². The van der Waals surface area contributed by atoms with Gasteiger partial charge in [0, 0.05) is 4.47 Å². The van der Waals surface area contributed by atoms with Crippen LogP contribution in [0.1, 0.15) is 11.1 Å². The molecule has 0 heterocycles. The number of halogens is 1. The number of hydrogen-bond donors (Lipinski definition) is 0. The van der Waals surface area contributed by atoms with Gasteiger partial charge in [-0.1, -0.05) is 76.6 Å². The zero-order chi connectivity index (χ0) is 10.5. The molecule has 1 heteroatoms. The summed E-state index contributed by atoms with van der Waals surface area (Å²) in [6.45, 7) is 0. The van der Waals surface area contributed by atoms with Crippen LogP contribution in [-0.2, 0) is 0 Å². The molecule has 74 valence electrons. The predicted molar refractivity (Wildman–Crippen MR) is 69.5 cm³/mol.